The van der Waals surface area contributed by atoms with Gasteiger partial charge in [0.05, 0.1) is 18.2 Å². The predicted molar refractivity (Wildman–Crippen MR) is 104 cm³/mol. The molecule has 1 aromatic heterocycles. The Hall–Kier alpha value is -1.51. The number of aromatic nitrogens is 4. The molecule has 7 nitrogen and oxygen atoms in total. The number of hydrogen-bond donors (Lipinski definition) is 1. The van der Waals surface area contributed by atoms with Gasteiger partial charge in [-0.3, -0.25) is 0 Å². The van der Waals surface area contributed by atoms with Crippen LogP contribution in [0.25, 0.3) is 0 Å². The van der Waals surface area contributed by atoms with Crippen molar-refractivity contribution in [1.29, 1.82) is 0 Å². The second kappa shape index (κ2) is 11.3. The first-order chi connectivity index (χ1) is 12.7. The third-order valence-electron chi connectivity index (χ3n) is 3.46. The van der Waals surface area contributed by atoms with Crippen LogP contribution in [0, 0.1) is 0 Å². The molecule has 9 heteroatoms. The number of tetrazole rings is 1. The van der Waals surface area contributed by atoms with E-state index in [0.717, 1.165) is 42.4 Å². The number of rotatable bonds is 12. The molecule has 1 heterocycles. The Labute approximate surface area is 163 Å². The summed E-state index contributed by atoms with van der Waals surface area (Å²) in [4.78, 5) is 0. The third kappa shape index (κ3) is 6.34. The summed E-state index contributed by atoms with van der Waals surface area (Å²) in [6.45, 7) is 6.83. The Morgan fingerprint density at radius 3 is 2.81 bits per heavy atom. The van der Waals surface area contributed by atoms with Crippen LogP contribution in [0.5, 0.6) is 11.5 Å². The average molecular weight is 400 g/mol. The van der Waals surface area contributed by atoms with Crippen molar-refractivity contribution < 1.29 is 9.47 Å². The lowest BCUT2D eigenvalue weighted by Gasteiger charge is -2.15. The summed E-state index contributed by atoms with van der Waals surface area (Å²) in [5.41, 5.74) is 1.08. The van der Waals surface area contributed by atoms with Crippen molar-refractivity contribution in [3.05, 3.63) is 22.7 Å². The van der Waals surface area contributed by atoms with Crippen molar-refractivity contribution >= 4 is 23.4 Å². The average Bonchev–Trinajstić information content (AvgIpc) is 3.02. The van der Waals surface area contributed by atoms with Gasteiger partial charge in [-0.05, 0) is 54.4 Å². The topological polar surface area (TPSA) is 74.1 Å². The van der Waals surface area contributed by atoms with Gasteiger partial charge >= 0.3 is 0 Å². The first kappa shape index (κ1) is 20.8. The lowest BCUT2D eigenvalue weighted by Crippen LogP contribution is -2.15. The van der Waals surface area contributed by atoms with Gasteiger partial charge in [-0.25, -0.2) is 4.68 Å². The predicted octanol–water partition coefficient (Wildman–Crippen LogP) is 3.32. The highest BCUT2D eigenvalue weighted by Crippen LogP contribution is 2.36. The van der Waals surface area contributed by atoms with Gasteiger partial charge in [-0.2, -0.15) is 0 Å². The molecule has 1 N–H and O–H groups in total. The van der Waals surface area contributed by atoms with Crippen LogP contribution in [-0.2, 0) is 13.6 Å². The molecule has 0 radical (unpaired) electrons. The highest BCUT2D eigenvalue weighted by molar-refractivity contribution is 7.99. The van der Waals surface area contributed by atoms with Crippen LogP contribution in [0.3, 0.4) is 0 Å². The maximum Gasteiger partial charge on any atom is 0.209 e. The fraction of sp³-hybridized carbons (Fsp3) is 0.588. The molecule has 2 aromatic rings. The van der Waals surface area contributed by atoms with Crippen LogP contribution < -0.4 is 14.8 Å². The summed E-state index contributed by atoms with van der Waals surface area (Å²) in [5.74, 6) is 2.29. The fourth-order valence-electron chi connectivity index (χ4n) is 2.27. The molecule has 0 unspecified atom stereocenters. The summed E-state index contributed by atoms with van der Waals surface area (Å²) in [5, 5.41) is 16.2. The van der Waals surface area contributed by atoms with Gasteiger partial charge < -0.3 is 14.8 Å². The maximum atomic E-state index is 6.38. The van der Waals surface area contributed by atoms with Gasteiger partial charge in [0.1, 0.15) is 0 Å². The minimum Gasteiger partial charge on any atom is -0.490 e. The van der Waals surface area contributed by atoms with Gasteiger partial charge in [-0.15, -0.1) is 5.10 Å². The van der Waals surface area contributed by atoms with Crippen LogP contribution in [0.2, 0.25) is 5.02 Å². The Kier molecular flexibility index (Phi) is 9.00. The van der Waals surface area contributed by atoms with Crippen LogP contribution in [-0.4, -0.2) is 45.7 Å². The van der Waals surface area contributed by atoms with E-state index in [-0.39, 0.29) is 0 Å². The van der Waals surface area contributed by atoms with Crippen molar-refractivity contribution in [2.75, 3.05) is 25.5 Å². The molecule has 0 fully saturated rings. The summed E-state index contributed by atoms with van der Waals surface area (Å²) < 4.78 is 13.1. The number of thioether (sulfide) groups is 1. The van der Waals surface area contributed by atoms with E-state index < -0.39 is 0 Å². The standard InChI is InChI=1S/C17H26ClN5O2S/c1-4-8-25-16-14(18)10-13(11-15(16)24-5-2)12-19-7-6-9-26-17-20-21-22-23(17)3/h10-11,19H,4-9,12H2,1-3H3. The van der Waals surface area contributed by atoms with E-state index in [2.05, 4.69) is 27.8 Å². The highest BCUT2D eigenvalue weighted by atomic mass is 35.5. The molecule has 0 amide bonds. The molecule has 0 saturated heterocycles. The van der Waals surface area contributed by atoms with Gasteiger partial charge in [0.2, 0.25) is 5.16 Å². The molecule has 0 aliphatic carbocycles. The van der Waals surface area contributed by atoms with E-state index in [0.29, 0.717) is 29.7 Å². The SMILES string of the molecule is CCCOc1c(Cl)cc(CNCCCSc2nnnn2C)cc1OCC. The van der Waals surface area contributed by atoms with Gasteiger partial charge in [0.25, 0.3) is 0 Å². The lowest BCUT2D eigenvalue weighted by molar-refractivity contribution is 0.277. The number of nitrogens with one attached hydrogen (secondary N) is 1. The number of nitrogens with zero attached hydrogens (tertiary/aromatic N) is 4. The second-order valence-corrected chi connectivity index (χ2v) is 7.12. The van der Waals surface area contributed by atoms with Crippen molar-refractivity contribution in [2.24, 2.45) is 7.05 Å². The lowest BCUT2D eigenvalue weighted by atomic mass is 10.2. The number of hydrogen-bond acceptors (Lipinski definition) is 7. The van der Waals surface area contributed by atoms with Crippen LogP contribution in [0.1, 0.15) is 32.3 Å². The molecule has 0 spiro atoms. The summed E-state index contributed by atoms with van der Waals surface area (Å²) in [6.07, 6.45) is 1.94. The third-order valence-corrected chi connectivity index (χ3v) is 4.84. The quantitative estimate of drug-likeness (QED) is 0.433. The molecule has 144 valence electrons. The Balaban J connectivity index is 1.80. The minimum atomic E-state index is 0.573. The number of benzene rings is 1. The van der Waals surface area contributed by atoms with E-state index in [1.807, 2.05) is 26.1 Å². The largest absolute Gasteiger partial charge is 0.490 e. The fourth-order valence-corrected chi connectivity index (χ4v) is 3.34. The molecule has 0 saturated carbocycles. The van der Waals surface area contributed by atoms with E-state index in [1.54, 1.807) is 16.4 Å². The molecule has 1 aromatic carbocycles. The first-order valence-electron chi connectivity index (χ1n) is 8.79. The summed E-state index contributed by atoms with van der Waals surface area (Å²) >= 11 is 8.03. The van der Waals surface area contributed by atoms with E-state index in [9.17, 15) is 0 Å². The zero-order valence-electron chi connectivity index (χ0n) is 15.5. The molecule has 0 aliphatic heterocycles. The summed E-state index contributed by atoms with van der Waals surface area (Å²) in [6, 6.07) is 3.93. The number of halogens is 1. The van der Waals surface area contributed by atoms with Gasteiger partial charge in [0.15, 0.2) is 11.5 Å². The molecule has 0 aliphatic rings. The van der Waals surface area contributed by atoms with Crippen molar-refractivity contribution in [1.82, 2.24) is 25.5 Å². The number of aryl methyl sites for hydroxylation is 1. The second-order valence-electron chi connectivity index (χ2n) is 5.65. The van der Waals surface area contributed by atoms with Crippen molar-refractivity contribution in [2.45, 2.75) is 38.4 Å². The molecule has 26 heavy (non-hydrogen) atoms. The summed E-state index contributed by atoms with van der Waals surface area (Å²) in [7, 11) is 1.84. The van der Waals surface area contributed by atoms with E-state index >= 15 is 0 Å². The smallest absolute Gasteiger partial charge is 0.209 e. The molecular weight excluding hydrogens is 374 g/mol. The zero-order valence-corrected chi connectivity index (χ0v) is 17.1. The van der Waals surface area contributed by atoms with Crippen molar-refractivity contribution in [3.8, 4) is 11.5 Å². The maximum absolute atomic E-state index is 6.38. The molecule has 2 rings (SSSR count). The van der Waals surface area contributed by atoms with Gasteiger partial charge in [-0.1, -0.05) is 30.3 Å². The van der Waals surface area contributed by atoms with E-state index in [1.165, 1.54) is 0 Å². The van der Waals surface area contributed by atoms with Crippen LogP contribution in [0.4, 0.5) is 0 Å². The highest BCUT2D eigenvalue weighted by Gasteiger charge is 2.12. The monoisotopic (exact) mass is 399 g/mol. The number of ether oxygens (including phenoxy) is 2. The molecular formula is C17H26ClN5O2S. The van der Waals surface area contributed by atoms with Gasteiger partial charge in [0, 0.05) is 19.3 Å². The first-order valence-corrected chi connectivity index (χ1v) is 10.2. The van der Waals surface area contributed by atoms with Crippen LogP contribution >= 0.6 is 23.4 Å². The van der Waals surface area contributed by atoms with Crippen LogP contribution in [0.15, 0.2) is 17.3 Å². The zero-order chi connectivity index (χ0) is 18.8. The Morgan fingerprint density at radius 2 is 2.12 bits per heavy atom. The normalized spacial score (nSPS) is 10.9. The Morgan fingerprint density at radius 1 is 1.27 bits per heavy atom. The molecule has 0 bridgehead atoms. The minimum absolute atomic E-state index is 0.573. The molecule has 0 atom stereocenters. The van der Waals surface area contributed by atoms with E-state index in [4.69, 9.17) is 21.1 Å². The Bertz CT molecular complexity index is 683. The van der Waals surface area contributed by atoms with Crippen molar-refractivity contribution in [3.63, 3.8) is 0 Å².